The third kappa shape index (κ3) is 3.18. The molecule has 0 bridgehead atoms. The lowest BCUT2D eigenvalue weighted by atomic mass is 10.2. The topological polar surface area (TPSA) is 58.5 Å². The van der Waals surface area contributed by atoms with Crippen molar-refractivity contribution in [3.8, 4) is 0 Å². The van der Waals surface area contributed by atoms with E-state index in [0.717, 1.165) is 0 Å². The Labute approximate surface area is 123 Å². The average molecular weight is 309 g/mol. The highest BCUT2D eigenvalue weighted by molar-refractivity contribution is 7.90. The smallest absolute Gasteiger partial charge is 0.263 e. The van der Waals surface area contributed by atoms with Gasteiger partial charge in [-0.15, -0.1) is 0 Å². The number of hydrogen-bond donors (Lipinski definition) is 1. The first-order valence-corrected chi connectivity index (χ1v) is 7.70. The van der Waals surface area contributed by atoms with Crippen molar-refractivity contribution in [1.29, 1.82) is 0 Å². The van der Waals surface area contributed by atoms with Crippen LogP contribution in [0.25, 0.3) is 0 Å². The van der Waals surface area contributed by atoms with Gasteiger partial charge in [-0.3, -0.25) is 9.71 Å². The van der Waals surface area contributed by atoms with Crippen molar-refractivity contribution in [2.24, 2.45) is 4.99 Å². The Kier molecular flexibility index (Phi) is 4.42. The SMILES string of the molecule is CN=C(NS(=O)(=O)c1ccccc1)c1ccccc1Cl. The number of sulfonamides is 1. The first-order chi connectivity index (χ1) is 9.54. The molecule has 2 aromatic carbocycles. The fourth-order valence-corrected chi connectivity index (χ4v) is 2.97. The van der Waals surface area contributed by atoms with Crippen LogP contribution in [0.2, 0.25) is 5.02 Å². The van der Waals surface area contributed by atoms with Crippen molar-refractivity contribution in [2.45, 2.75) is 4.90 Å². The van der Waals surface area contributed by atoms with Crippen molar-refractivity contribution in [2.75, 3.05) is 7.05 Å². The van der Waals surface area contributed by atoms with Crippen LogP contribution in [-0.2, 0) is 10.0 Å². The molecule has 0 atom stereocenters. The van der Waals surface area contributed by atoms with E-state index in [-0.39, 0.29) is 10.7 Å². The maximum atomic E-state index is 12.3. The molecule has 0 heterocycles. The molecule has 20 heavy (non-hydrogen) atoms. The Bertz CT molecular complexity index is 728. The van der Waals surface area contributed by atoms with Crippen LogP contribution in [0.1, 0.15) is 5.56 Å². The van der Waals surface area contributed by atoms with E-state index in [1.54, 1.807) is 42.5 Å². The first-order valence-electron chi connectivity index (χ1n) is 5.84. The van der Waals surface area contributed by atoms with Crippen molar-refractivity contribution in [3.63, 3.8) is 0 Å². The number of amidine groups is 1. The maximum Gasteiger partial charge on any atom is 0.263 e. The number of aliphatic imine (C=N–C) groups is 1. The van der Waals surface area contributed by atoms with Crippen LogP contribution in [0.4, 0.5) is 0 Å². The van der Waals surface area contributed by atoms with Gasteiger partial charge >= 0.3 is 0 Å². The number of rotatable bonds is 3. The molecule has 0 aliphatic heterocycles. The maximum absolute atomic E-state index is 12.3. The molecule has 0 aromatic heterocycles. The summed E-state index contributed by atoms with van der Waals surface area (Å²) in [6.45, 7) is 0. The Morgan fingerprint density at radius 1 is 1.05 bits per heavy atom. The molecule has 4 nitrogen and oxygen atoms in total. The summed E-state index contributed by atoms with van der Waals surface area (Å²) < 4.78 is 27.0. The van der Waals surface area contributed by atoms with E-state index in [2.05, 4.69) is 9.71 Å². The van der Waals surface area contributed by atoms with Crippen LogP contribution in [-0.4, -0.2) is 21.3 Å². The second kappa shape index (κ2) is 6.07. The summed E-state index contributed by atoms with van der Waals surface area (Å²) in [5.41, 5.74) is 0.538. The molecule has 0 fully saturated rings. The van der Waals surface area contributed by atoms with Gasteiger partial charge in [0.1, 0.15) is 5.84 Å². The minimum Gasteiger partial charge on any atom is -0.271 e. The molecule has 0 spiro atoms. The number of nitrogens with zero attached hydrogens (tertiary/aromatic N) is 1. The summed E-state index contributed by atoms with van der Waals surface area (Å²) in [6, 6.07) is 15.0. The molecule has 1 N–H and O–H groups in total. The summed E-state index contributed by atoms with van der Waals surface area (Å²) in [4.78, 5) is 4.15. The highest BCUT2D eigenvalue weighted by Gasteiger charge is 2.17. The van der Waals surface area contributed by atoms with Crippen molar-refractivity contribution in [3.05, 3.63) is 65.2 Å². The highest BCUT2D eigenvalue weighted by atomic mass is 35.5. The Balaban J connectivity index is 2.36. The molecule has 0 aliphatic carbocycles. The van der Waals surface area contributed by atoms with Crippen molar-refractivity contribution < 1.29 is 8.42 Å². The lowest BCUT2D eigenvalue weighted by Crippen LogP contribution is -2.31. The molecule has 0 saturated carbocycles. The van der Waals surface area contributed by atoms with Gasteiger partial charge in [-0.2, -0.15) is 0 Å². The van der Waals surface area contributed by atoms with E-state index in [1.807, 2.05) is 0 Å². The second-order valence-corrected chi connectivity index (χ2v) is 6.06. The Morgan fingerprint density at radius 2 is 1.65 bits per heavy atom. The number of hydrogen-bond acceptors (Lipinski definition) is 3. The monoisotopic (exact) mass is 308 g/mol. The first kappa shape index (κ1) is 14.6. The van der Waals surface area contributed by atoms with Gasteiger partial charge in [0.25, 0.3) is 10.0 Å². The van der Waals surface area contributed by atoms with Crippen molar-refractivity contribution in [1.82, 2.24) is 4.72 Å². The quantitative estimate of drug-likeness (QED) is 0.700. The lowest BCUT2D eigenvalue weighted by molar-refractivity contribution is 0.592. The zero-order valence-electron chi connectivity index (χ0n) is 10.7. The minimum atomic E-state index is -3.68. The van der Waals surface area contributed by atoms with Gasteiger partial charge in [0.05, 0.1) is 9.92 Å². The van der Waals surface area contributed by atoms with E-state index in [1.165, 1.54) is 19.2 Å². The van der Waals surface area contributed by atoms with Crippen LogP contribution < -0.4 is 4.72 Å². The summed E-state index contributed by atoms with van der Waals surface area (Å²) in [6.07, 6.45) is 0. The number of benzene rings is 2. The molecular weight excluding hydrogens is 296 g/mol. The van der Waals surface area contributed by atoms with Gasteiger partial charge in [-0.25, -0.2) is 8.42 Å². The molecule has 2 aromatic rings. The zero-order valence-corrected chi connectivity index (χ0v) is 12.3. The molecule has 0 radical (unpaired) electrons. The van der Waals surface area contributed by atoms with Crippen LogP contribution >= 0.6 is 11.6 Å². The van der Waals surface area contributed by atoms with E-state index in [9.17, 15) is 8.42 Å². The van der Waals surface area contributed by atoms with Gasteiger partial charge in [-0.1, -0.05) is 41.9 Å². The second-order valence-electron chi connectivity index (χ2n) is 3.97. The van der Waals surface area contributed by atoms with Crippen LogP contribution in [0.15, 0.2) is 64.5 Å². The van der Waals surface area contributed by atoms with Gasteiger partial charge in [0, 0.05) is 12.6 Å². The molecule has 0 saturated heterocycles. The highest BCUT2D eigenvalue weighted by Crippen LogP contribution is 2.16. The van der Waals surface area contributed by atoms with E-state index in [0.29, 0.717) is 10.6 Å². The van der Waals surface area contributed by atoms with Gasteiger partial charge in [0.15, 0.2) is 0 Å². The molecule has 6 heteroatoms. The molecule has 0 unspecified atom stereocenters. The third-order valence-electron chi connectivity index (χ3n) is 2.64. The molecule has 2 rings (SSSR count). The van der Waals surface area contributed by atoms with Crippen LogP contribution in [0, 0.1) is 0 Å². The van der Waals surface area contributed by atoms with E-state index >= 15 is 0 Å². The number of halogens is 1. The average Bonchev–Trinajstić information content (AvgIpc) is 2.46. The zero-order chi connectivity index (χ0) is 14.6. The predicted molar refractivity (Wildman–Crippen MR) is 80.7 cm³/mol. The minimum absolute atomic E-state index is 0.174. The molecule has 0 amide bonds. The summed E-state index contributed by atoms with van der Waals surface area (Å²) in [5, 5.41) is 0.434. The third-order valence-corrected chi connectivity index (χ3v) is 4.32. The fourth-order valence-electron chi connectivity index (χ4n) is 1.66. The molecule has 0 aliphatic rings. The Hall–Kier alpha value is -1.85. The summed E-state index contributed by atoms with van der Waals surface area (Å²) in [5.74, 6) is 0.208. The Morgan fingerprint density at radius 3 is 2.25 bits per heavy atom. The van der Waals surface area contributed by atoms with E-state index < -0.39 is 10.0 Å². The summed E-state index contributed by atoms with van der Waals surface area (Å²) >= 11 is 6.06. The van der Waals surface area contributed by atoms with E-state index in [4.69, 9.17) is 11.6 Å². The fraction of sp³-hybridized carbons (Fsp3) is 0.0714. The van der Waals surface area contributed by atoms with Gasteiger partial charge < -0.3 is 0 Å². The number of nitrogens with one attached hydrogen (secondary N) is 1. The van der Waals surface area contributed by atoms with Crippen molar-refractivity contribution >= 4 is 27.5 Å². The van der Waals surface area contributed by atoms with Gasteiger partial charge in [0.2, 0.25) is 0 Å². The van der Waals surface area contributed by atoms with Crippen LogP contribution in [0.5, 0.6) is 0 Å². The molecule has 104 valence electrons. The van der Waals surface area contributed by atoms with Gasteiger partial charge in [-0.05, 0) is 24.3 Å². The summed E-state index contributed by atoms with van der Waals surface area (Å²) in [7, 11) is -2.17. The predicted octanol–water partition coefficient (Wildman–Crippen LogP) is 2.69. The standard InChI is InChI=1S/C14H13ClN2O2S/c1-16-14(12-9-5-6-10-13(12)15)17-20(18,19)11-7-3-2-4-8-11/h2-10H,1H3,(H,16,17). The normalized spacial score (nSPS) is 12.2. The van der Waals surface area contributed by atoms with Crippen LogP contribution in [0.3, 0.4) is 0 Å². The lowest BCUT2D eigenvalue weighted by Gasteiger charge is -2.11. The molecular formula is C14H13ClN2O2S. The largest absolute Gasteiger partial charge is 0.271 e.